The number of fused-ring (bicyclic) bond motifs is 1. The first kappa shape index (κ1) is 20.1. The Morgan fingerprint density at radius 1 is 1.13 bits per heavy atom. The zero-order valence-corrected chi connectivity index (χ0v) is 16.9. The molecule has 1 unspecified atom stereocenters. The Morgan fingerprint density at radius 2 is 1.87 bits per heavy atom. The Labute approximate surface area is 174 Å². The van der Waals surface area contributed by atoms with E-state index in [2.05, 4.69) is 5.32 Å². The Morgan fingerprint density at radius 3 is 2.60 bits per heavy atom. The van der Waals surface area contributed by atoms with Gasteiger partial charge in [-0.3, -0.25) is 14.5 Å². The molecule has 7 heteroatoms. The van der Waals surface area contributed by atoms with E-state index >= 15 is 0 Å². The highest BCUT2D eigenvalue weighted by molar-refractivity contribution is 6.11. The molecular weight excluding hydrogens is 385 g/mol. The van der Waals surface area contributed by atoms with Crippen molar-refractivity contribution in [3.63, 3.8) is 0 Å². The van der Waals surface area contributed by atoms with Gasteiger partial charge in [0.25, 0.3) is 5.91 Å². The fraction of sp³-hybridized carbons (Fsp3) is 0.348. The van der Waals surface area contributed by atoms with E-state index in [1.807, 2.05) is 31.2 Å². The van der Waals surface area contributed by atoms with Gasteiger partial charge in [-0.25, -0.2) is 9.18 Å². The number of rotatable bonds is 6. The van der Waals surface area contributed by atoms with Gasteiger partial charge in [0.1, 0.15) is 17.9 Å². The second-order valence-electron chi connectivity index (χ2n) is 7.76. The van der Waals surface area contributed by atoms with Crippen LogP contribution < -0.4 is 10.2 Å². The first-order chi connectivity index (χ1) is 14.5. The largest absolute Gasteiger partial charge is 0.325 e. The van der Waals surface area contributed by atoms with E-state index in [1.54, 1.807) is 4.90 Å². The van der Waals surface area contributed by atoms with Crippen LogP contribution >= 0.6 is 0 Å². The highest BCUT2D eigenvalue weighted by Gasteiger charge is 2.52. The first-order valence-electron chi connectivity index (χ1n) is 10.2. The van der Waals surface area contributed by atoms with Crippen LogP contribution in [-0.4, -0.2) is 35.8 Å². The van der Waals surface area contributed by atoms with E-state index < -0.39 is 23.3 Å². The predicted molar refractivity (Wildman–Crippen MR) is 110 cm³/mol. The van der Waals surface area contributed by atoms with E-state index in [4.69, 9.17) is 0 Å². The smallest absolute Gasteiger partial charge is 0.319 e. The van der Waals surface area contributed by atoms with Crippen molar-refractivity contribution >= 4 is 23.5 Å². The molecule has 1 N–H and O–H groups in total. The lowest BCUT2D eigenvalue weighted by molar-refractivity contribution is -0.134. The van der Waals surface area contributed by atoms with Crippen molar-refractivity contribution in [3.8, 4) is 0 Å². The number of imide groups is 1. The molecule has 0 bridgehead atoms. The number of hydrogen-bond acceptors (Lipinski definition) is 3. The van der Waals surface area contributed by atoms with E-state index in [0.29, 0.717) is 24.9 Å². The molecule has 2 heterocycles. The molecule has 6 nitrogen and oxygen atoms in total. The molecule has 4 rings (SSSR count). The van der Waals surface area contributed by atoms with Crippen molar-refractivity contribution in [2.75, 3.05) is 18.0 Å². The van der Waals surface area contributed by atoms with Gasteiger partial charge in [-0.2, -0.15) is 0 Å². The van der Waals surface area contributed by atoms with Crippen LogP contribution in [0.5, 0.6) is 0 Å². The van der Waals surface area contributed by atoms with E-state index in [1.165, 1.54) is 24.3 Å². The van der Waals surface area contributed by atoms with Crippen LogP contribution in [0.25, 0.3) is 0 Å². The second kappa shape index (κ2) is 7.89. The number of nitrogens with zero attached hydrogens (tertiary/aromatic N) is 2. The lowest BCUT2D eigenvalue weighted by Crippen LogP contribution is -2.45. The molecule has 156 valence electrons. The quantitative estimate of drug-likeness (QED) is 0.744. The molecule has 1 fully saturated rings. The lowest BCUT2D eigenvalue weighted by atomic mass is 9.85. The Kier molecular flexibility index (Phi) is 5.28. The minimum Gasteiger partial charge on any atom is -0.319 e. The van der Waals surface area contributed by atoms with Crippen molar-refractivity contribution in [3.05, 3.63) is 65.5 Å². The Bertz CT molecular complexity index is 991. The first-order valence-corrected chi connectivity index (χ1v) is 10.2. The van der Waals surface area contributed by atoms with E-state index in [-0.39, 0.29) is 12.5 Å². The minimum absolute atomic E-state index is 0.297. The molecule has 1 atom stereocenters. The maximum absolute atomic E-state index is 13.4. The number of amides is 4. The molecule has 30 heavy (non-hydrogen) atoms. The molecule has 2 aromatic rings. The lowest BCUT2D eigenvalue weighted by Gasteiger charge is -2.27. The summed E-state index contributed by atoms with van der Waals surface area (Å²) in [5.74, 6) is -1.18. The Balaban J connectivity index is 1.59. The molecule has 2 aliphatic heterocycles. The van der Waals surface area contributed by atoms with Gasteiger partial charge < -0.3 is 10.2 Å². The summed E-state index contributed by atoms with van der Waals surface area (Å²) < 4.78 is 13.4. The molecular formula is C23H24FN3O3. The van der Waals surface area contributed by atoms with Crippen LogP contribution in [-0.2, 0) is 21.5 Å². The number of urea groups is 1. The van der Waals surface area contributed by atoms with Crippen LogP contribution in [0, 0.1) is 5.82 Å². The number of unbranched alkanes of at least 4 members (excludes halogenated alkanes) is 1. The molecule has 0 aromatic heterocycles. The highest BCUT2D eigenvalue weighted by Crippen LogP contribution is 2.35. The molecule has 0 radical (unpaired) electrons. The number of carbonyl (C=O) groups excluding carboxylic acids is 3. The van der Waals surface area contributed by atoms with Gasteiger partial charge >= 0.3 is 6.03 Å². The van der Waals surface area contributed by atoms with Crippen LogP contribution in [0.1, 0.15) is 37.3 Å². The number of anilines is 1. The third-order valence-corrected chi connectivity index (χ3v) is 5.90. The van der Waals surface area contributed by atoms with Crippen LogP contribution in [0.15, 0.2) is 48.5 Å². The number of carbonyl (C=O) groups is 3. The molecule has 1 saturated heterocycles. The standard InChI is InChI=1S/C23H24FN3O3/c1-2-3-13-23(17-8-10-18(24)11-9-17)21(29)27(22(30)25-23)15-20(28)26-14-12-16-6-4-5-7-19(16)26/h4-11H,2-3,12-15H2,1H3,(H,25,30). The zero-order valence-electron chi connectivity index (χ0n) is 16.9. The van der Waals surface area contributed by atoms with Crippen molar-refractivity contribution in [1.82, 2.24) is 10.2 Å². The minimum atomic E-state index is -1.27. The monoisotopic (exact) mass is 409 g/mol. The van der Waals surface area contributed by atoms with E-state index in [9.17, 15) is 18.8 Å². The summed E-state index contributed by atoms with van der Waals surface area (Å²) in [6.07, 6.45) is 2.66. The summed E-state index contributed by atoms with van der Waals surface area (Å²) in [6.45, 7) is 2.20. The fourth-order valence-corrected chi connectivity index (χ4v) is 4.27. The third-order valence-electron chi connectivity index (χ3n) is 5.90. The second-order valence-corrected chi connectivity index (χ2v) is 7.76. The van der Waals surface area contributed by atoms with Gasteiger partial charge in [0.05, 0.1) is 0 Å². The summed E-state index contributed by atoms with van der Waals surface area (Å²) in [5.41, 5.74) is 1.15. The number of nitrogens with one attached hydrogen (secondary N) is 1. The number of hydrogen-bond donors (Lipinski definition) is 1. The molecule has 4 amide bonds. The van der Waals surface area contributed by atoms with Gasteiger partial charge in [-0.15, -0.1) is 0 Å². The molecule has 0 saturated carbocycles. The Hall–Kier alpha value is -3.22. The molecule has 0 aliphatic carbocycles. The van der Waals surface area contributed by atoms with Crippen LogP contribution in [0.2, 0.25) is 0 Å². The zero-order chi connectivity index (χ0) is 21.3. The maximum atomic E-state index is 13.4. The summed E-state index contributed by atoms with van der Waals surface area (Å²) in [4.78, 5) is 41.7. The predicted octanol–water partition coefficient (Wildman–Crippen LogP) is 3.35. The van der Waals surface area contributed by atoms with Crippen molar-refractivity contribution < 1.29 is 18.8 Å². The SMILES string of the molecule is CCCCC1(c2ccc(F)cc2)NC(=O)N(CC(=O)N2CCc3ccccc32)C1=O. The summed E-state index contributed by atoms with van der Waals surface area (Å²) in [5, 5.41) is 2.80. The average Bonchev–Trinajstić information content (AvgIpc) is 3.28. The summed E-state index contributed by atoms with van der Waals surface area (Å²) in [6, 6.07) is 12.6. The van der Waals surface area contributed by atoms with Gasteiger partial charge in [-0.1, -0.05) is 50.1 Å². The normalized spacial score (nSPS) is 20.5. The van der Waals surface area contributed by atoms with Crippen molar-refractivity contribution in [2.45, 2.75) is 38.1 Å². The summed E-state index contributed by atoms with van der Waals surface area (Å²) in [7, 11) is 0. The van der Waals surface area contributed by atoms with Crippen LogP contribution in [0.3, 0.4) is 0 Å². The number of para-hydroxylation sites is 1. The van der Waals surface area contributed by atoms with Gasteiger partial charge in [0, 0.05) is 12.2 Å². The maximum Gasteiger partial charge on any atom is 0.325 e. The highest BCUT2D eigenvalue weighted by atomic mass is 19.1. The number of halogens is 1. The van der Waals surface area contributed by atoms with Gasteiger partial charge in [0.15, 0.2) is 0 Å². The third kappa shape index (κ3) is 3.34. The van der Waals surface area contributed by atoms with Crippen LogP contribution in [0.4, 0.5) is 14.9 Å². The molecule has 2 aliphatic rings. The molecule has 0 spiro atoms. The van der Waals surface area contributed by atoms with Gasteiger partial charge in [0.2, 0.25) is 5.91 Å². The average molecular weight is 409 g/mol. The summed E-state index contributed by atoms with van der Waals surface area (Å²) >= 11 is 0. The van der Waals surface area contributed by atoms with Crippen molar-refractivity contribution in [2.24, 2.45) is 0 Å². The van der Waals surface area contributed by atoms with E-state index in [0.717, 1.165) is 29.0 Å². The topological polar surface area (TPSA) is 69.7 Å². The fourth-order valence-electron chi connectivity index (χ4n) is 4.27. The van der Waals surface area contributed by atoms with Crippen molar-refractivity contribution in [1.29, 1.82) is 0 Å². The number of benzene rings is 2. The van der Waals surface area contributed by atoms with Gasteiger partial charge in [-0.05, 0) is 42.2 Å². The molecule has 2 aromatic carbocycles.